The lowest BCUT2D eigenvalue weighted by Crippen LogP contribution is -2.46. The average Bonchev–Trinajstić information content (AvgIpc) is 3.26. The highest BCUT2D eigenvalue weighted by molar-refractivity contribution is 7.86. The molecule has 37 heavy (non-hydrogen) atoms. The maximum Gasteiger partial charge on any atom is 0.321 e. The van der Waals surface area contributed by atoms with Crippen LogP contribution in [0.4, 0.5) is 0 Å². The summed E-state index contributed by atoms with van der Waals surface area (Å²) in [5, 5.41) is 0. The highest BCUT2D eigenvalue weighted by Gasteiger charge is 2.29. The second-order valence-corrected chi connectivity index (χ2v) is 10.5. The quantitative estimate of drug-likeness (QED) is 0.307. The SMILES string of the molecule is CCN(CC)S(=O)(=O)N(CCc1cccc(OCc2nc(-c3ccc(C)cc3)oc2C)c1)CC(=O)OC. The summed E-state index contributed by atoms with van der Waals surface area (Å²) in [6.45, 7) is 8.04. The summed E-state index contributed by atoms with van der Waals surface area (Å²) in [6, 6.07) is 15.4. The van der Waals surface area contributed by atoms with E-state index >= 15 is 0 Å². The lowest BCUT2D eigenvalue weighted by molar-refractivity contribution is -0.140. The standard InChI is InChI=1S/C27H35N3O6S/c1-6-29(7-2)37(32,33)30(18-26(31)34-5)16-15-22-9-8-10-24(17-22)35-19-25-21(4)36-27(28-25)23-13-11-20(3)12-14-23/h8-14,17H,6-7,15-16,18-19H2,1-5H3. The van der Waals surface area contributed by atoms with Gasteiger partial charge in [0.1, 0.15) is 30.4 Å². The van der Waals surface area contributed by atoms with Gasteiger partial charge in [-0.2, -0.15) is 17.0 Å². The van der Waals surface area contributed by atoms with E-state index in [1.165, 1.54) is 11.4 Å². The second kappa shape index (κ2) is 12.8. The van der Waals surface area contributed by atoms with Crippen molar-refractivity contribution in [3.8, 4) is 17.2 Å². The number of hydrogen-bond donors (Lipinski definition) is 0. The Hall–Kier alpha value is -3.21. The maximum atomic E-state index is 13.0. The number of carbonyl (C=O) groups is 1. The predicted octanol–water partition coefficient (Wildman–Crippen LogP) is 4.14. The number of aromatic nitrogens is 1. The van der Waals surface area contributed by atoms with Crippen LogP contribution in [0.15, 0.2) is 52.9 Å². The van der Waals surface area contributed by atoms with Crippen molar-refractivity contribution in [1.82, 2.24) is 13.6 Å². The molecule has 2 aromatic carbocycles. The summed E-state index contributed by atoms with van der Waals surface area (Å²) in [5.74, 6) is 1.25. The monoisotopic (exact) mass is 529 g/mol. The lowest BCUT2D eigenvalue weighted by atomic mass is 10.1. The number of methoxy groups -OCH3 is 1. The Morgan fingerprint density at radius 1 is 1.03 bits per heavy atom. The molecule has 1 heterocycles. The maximum absolute atomic E-state index is 13.0. The van der Waals surface area contributed by atoms with Crippen molar-refractivity contribution in [2.75, 3.05) is 33.3 Å². The molecule has 0 aliphatic carbocycles. The van der Waals surface area contributed by atoms with Crippen molar-refractivity contribution in [1.29, 1.82) is 0 Å². The molecule has 0 unspecified atom stereocenters. The van der Waals surface area contributed by atoms with Crippen LogP contribution in [0.1, 0.15) is 36.4 Å². The van der Waals surface area contributed by atoms with Crippen molar-refractivity contribution < 1.29 is 27.1 Å². The molecule has 200 valence electrons. The van der Waals surface area contributed by atoms with E-state index in [-0.39, 0.29) is 19.7 Å². The minimum Gasteiger partial charge on any atom is -0.487 e. The van der Waals surface area contributed by atoms with Gasteiger partial charge < -0.3 is 13.9 Å². The van der Waals surface area contributed by atoms with E-state index in [0.29, 0.717) is 42.6 Å². The van der Waals surface area contributed by atoms with Gasteiger partial charge in [-0.15, -0.1) is 0 Å². The predicted molar refractivity (Wildman–Crippen MR) is 141 cm³/mol. The zero-order valence-electron chi connectivity index (χ0n) is 22.1. The normalized spacial score (nSPS) is 11.8. The van der Waals surface area contributed by atoms with Crippen molar-refractivity contribution in [2.45, 2.75) is 40.7 Å². The molecule has 0 N–H and O–H groups in total. The molecule has 0 spiro atoms. The highest BCUT2D eigenvalue weighted by atomic mass is 32.2. The Morgan fingerprint density at radius 2 is 1.73 bits per heavy atom. The summed E-state index contributed by atoms with van der Waals surface area (Å²) < 4.78 is 45.1. The molecule has 0 amide bonds. The fourth-order valence-corrected chi connectivity index (χ4v) is 5.35. The summed E-state index contributed by atoms with van der Waals surface area (Å²) in [7, 11) is -2.57. The van der Waals surface area contributed by atoms with Crippen LogP contribution in [-0.2, 0) is 32.8 Å². The number of hydrogen-bond acceptors (Lipinski definition) is 7. The first-order valence-corrected chi connectivity index (χ1v) is 13.6. The van der Waals surface area contributed by atoms with Crippen LogP contribution < -0.4 is 4.74 Å². The molecule has 0 aliphatic rings. The van der Waals surface area contributed by atoms with Gasteiger partial charge in [0.05, 0.1) is 7.11 Å². The number of rotatable bonds is 13. The molecule has 0 saturated heterocycles. The summed E-state index contributed by atoms with van der Waals surface area (Å²) in [5.41, 5.74) is 3.64. The van der Waals surface area contributed by atoms with Crippen LogP contribution >= 0.6 is 0 Å². The van der Waals surface area contributed by atoms with Gasteiger partial charge in [-0.3, -0.25) is 4.79 Å². The fraction of sp³-hybridized carbons (Fsp3) is 0.407. The van der Waals surface area contributed by atoms with Crippen LogP contribution in [-0.4, -0.2) is 61.3 Å². The Labute approximate surface area is 219 Å². The first-order chi connectivity index (χ1) is 17.7. The van der Waals surface area contributed by atoms with Gasteiger partial charge in [-0.05, 0) is 50.1 Å². The first kappa shape index (κ1) is 28.4. The third kappa shape index (κ3) is 7.41. The molecule has 0 fully saturated rings. The number of aryl methyl sites for hydroxylation is 2. The molecule has 0 atom stereocenters. The number of esters is 1. The van der Waals surface area contributed by atoms with Gasteiger partial charge >= 0.3 is 5.97 Å². The second-order valence-electron chi connectivity index (χ2n) is 8.58. The minimum atomic E-state index is -3.81. The van der Waals surface area contributed by atoms with Crippen LogP contribution in [0, 0.1) is 13.8 Å². The third-order valence-corrected chi connectivity index (χ3v) is 8.14. The molecular weight excluding hydrogens is 494 g/mol. The van der Waals surface area contributed by atoms with Crippen molar-refractivity contribution in [2.24, 2.45) is 0 Å². The van der Waals surface area contributed by atoms with E-state index in [9.17, 15) is 13.2 Å². The van der Waals surface area contributed by atoms with E-state index in [1.807, 2.05) is 62.4 Å². The number of oxazole rings is 1. The Bertz CT molecular complexity index is 1280. The van der Waals surface area contributed by atoms with Crippen molar-refractivity contribution in [3.05, 3.63) is 71.1 Å². The van der Waals surface area contributed by atoms with E-state index in [2.05, 4.69) is 4.98 Å². The molecule has 1 aromatic heterocycles. The van der Waals surface area contributed by atoms with Crippen LogP contribution in [0.2, 0.25) is 0 Å². The lowest BCUT2D eigenvalue weighted by Gasteiger charge is -2.27. The van der Waals surface area contributed by atoms with Crippen LogP contribution in [0.25, 0.3) is 11.5 Å². The van der Waals surface area contributed by atoms with Crippen molar-refractivity contribution in [3.63, 3.8) is 0 Å². The molecule has 3 aromatic rings. The van der Waals surface area contributed by atoms with Gasteiger partial charge in [0, 0.05) is 25.2 Å². The number of nitrogens with zero attached hydrogens (tertiary/aromatic N) is 3. The molecule has 0 radical (unpaired) electrons. The van der Waals surface area contributed by atoms with Gasteiger partial charge in [0.25, 0.3) is 10.2 Å². The van der Waals surface area contributed by atoms with Crippen LogP contribution in [0.3, 0.4) is 0 Å². The molecule has 10 heteroatoms. The summed E-state index contributed by atoms with van der Waals surface area (Å²) >= 11 is 0. The third-order valence-electron chi connectivity index (χ3n) is 6.01. The average molecular weight is 530 g/mol. The number of ether oxygens (including phenoxy) is 2. The summed E-state index contributed by atoms with van der Waals surface area (Å²) in [6.07, 6.45) is 0.398. The summed E-state index contributed by atoms with van der Waals surface area (Å²) in [4.78, 5) is 16.5. The topological polar surface area (TPSA) is 102 Å². The van der Waals surface area contributed by atoms with Gasteiger partial charge in [-0.1, -0.05) is 43.7 Å². The number of carbonyl (C=O) groups excluding carboxylic acids is 1. The van der Waals surface area contributed by atoms with E-state index in [0.717, 1.165) is 21.0 Å². The van der Waals surface area contributed by atoms with Gasteiger partial charge in [0.2, 0.25) is 5.89 Å². The molecule has 3 rings (SSSR count). The highest BCUT2D eigenvalue weighted by Crippen LogP contribution is 2.24. The largest absolute Gasteiger partial charge is 0.487 e. The van der Waals surface area contributed by atoms with E-state index in [4.69, 9.17) is 13.9 Å². The zero-order chi connectivity index (χ0) is 27.0. The van der Waals surface area contributed by atoms with E-state index in [1.54, 1.807) is 13.8 Å². The molecule has 0 aliphatic heterocycles. The number of benzene rings is 2. The van der Waals surface area contributed by atoms with Gasteiger partial charge in [0.15, 0.2) is 0 Å². The Kier molecular flexibility index (Phi) is 9.85. The van der Waals surface area contributed by atoms with E-state index < -0.39 is 16.2 Å². The molecular formula is C27H35N3O6S. The van der Waals surface area contributed by atoms with Crippen molar-refractivity contribution >= 4 is 16.2 Å². The Morgan fingerprint density at radius 3 is 2.38 bits per heavy atom. The van der Waals surface area contributed by atoms with Gasteiger partial charge in [-0.25, -0.2) is 4.98 Å². The zero-order valence-corrected chi connectivity index (χ0v) is 22.9. The Balaban J connectivity index is 1.68. The first-order valence-electron chi connectivity index (χ1n) is 12.2. The fourth-order valence-electron chi connectivity index (χ4n) is 3.78. The minimum absolute atomic E-state index is 0.125. The smallest absolute Gasteiger partial charge is 0.321 e. The van der Waals surface area contributed by atoms with Crippen LogP contribution in [0.5, 0.6) is 5.75 Å². The molecule has 0 bridgehead atoms. The molecule has 0 saturated carbocycles. The molecule has 9 nitrogen and oxygen atoms in total.